The van der Waals surface area contributed by atoms with Crippen LogP contribution < -0.4 is 5.32 Å². The van der Waals surface area contributed by atoms with Crippen molar-refractivity contribution in [3.05, 3.63) is 0 Å². The summed E-state index contributed by atoms with van der Waals surface area (Å²) in [4.78, 5) is 0. The average Bonchev–Trinajstić information content (AvgIpc) is 2.44. The van der Waals surface area contributed by atoms with Crippen molar-refractivity contribution in [1.82, 2.24) is 5.32 Å². The van der Waals surface area contributed by atoms with Gasteiger partial charge >= 0.3 is 0 Å². The van der Waals surface area contributed by atoms with Crippen LogP contribution in [0.5, 0.6) is 0 Å². The summed E-state index contributed by atoms with van der Waals surface area (Å²) in [6, 6.07) is 1.45. The Labute approximate surface area is 108 Å². The first-order valence-corrected chi connectivity index (χ1v) is 7.32. The van der Waals surface area contributed by atoms with Gasteiger partial charge in [0.25, 0.3) is 0 Å². The van der Waals surface area contributed by atoms with Crippen LogP contribution in [0.2, 0.25) is 0 Å². The molecule has 0 amide bonds. The molecule has 0 aliphatic heterocycles. The van der Waals surface area contributed by atoms with Gasteiger partial charge in [-0.1, -0.05) is 48.5 Å². The van der Waals surface area contributed by atoms with Crippen molar-refractivity contribution < 1.29 is 0 Å². The molecule has 0 aromatic heterocycles. The molecule has 0 bridgehead atoms. The third-order valence-corrected chi connectivity index (χ3v) is 5.81. The SMILES string of the molecule is CC1CC(NC2C(C)(C)C2(C)C)CC(C)(C)C1. The molecule has 1 nitrogen and oxygen atoms in total. The topological polar surface area (TPSA) is 12.0 Å². The first-order chi connectivity index (χ1) is 7.56. The van der Waals surface area contributed by atoms with Gasteiger partial charge < -0.3 is 5.32 Å². The molecule has 1 heteroatoms. The molecule has 0 aromatic rings. The lowest BCUT2D eigenvalue weighted by Crippen LogP contribution is -2.42. The van der Waals surface area contributed by atoms with Crippen molar-refractivity contribution in [2.24, 2.45) is 22.2 Å². The minimum absolute atomic E-state index is 0.470. The standard InChI is InChI=1S/C16H31N/c1-11-8-12(10-14(2,3)9-11)17-13-15(4,5)16(13,6)7/h11-13,17H,8-10H2,1-7H3. The molecule has 2 aliphatic carbocycles. The Hall–Kier alpha value is -0.0400. The van der Waals surface area contributed by atoms with Crippen molar-refractivity contribution in [2.45, 2.75) is 79.8 Å². The summed E-state index contributed by atoms with van der Waals surface area (Å²) < 4.78 is 0. The fourth-order valence-corrected chi connectivity index (χ4v) is 4.32. The smallest absolute Gasteiger partial charge is 0.0183 e. The monoisotopic (exact) mass is 237 g/mol. The van der Waals surface area contributed by atoms with Gasteiger partial charge in [-0.15, -0.1) is 0 Å². The molecule has 2 aliphatic rings. The summed E-state index contributed by atoms with van der Waals surface area (Å²) in [6.07, 6.45) is 4.11. The van der Waals surface area contributed by atoms with Gasteiger partial charge in [-0.05, 0) is 41.4 Å². The third kappa shape index (κ3) is 2.28. The maximum Gasteiger partial charge on any atom is 0.0183 e. The Morgan fingerprint density at radius 1 is 0.882 bits per heavy atom. The molecule has 0 aromatic carbocycles. The number of hydrogen-bond acceptors (Lipinski definition) is 1. The van der Waals surface area contributed by atoms with Crippen LogP contribution in [0.4, 0.5) is 0 Å². The molecule has 0 saturated heterocycles. The molecule has 2 saturated carbocycles. The molecule has 2 unspecified atom stereocenters. The van der Waals surface area contributed by atoms with Crippen LogP contribution in [0, 0.1) is 22.2 Å². The summed E-state index contributed by atoms with van der Waals surface area (Å²) in [7, 11) is 0. The van der Waals surface area contributed by atoms with Gasteiger partial charge in [-0.3, -0.25) is 0 Å². The molecule has 1 N–H and O–H groups in total. The van der Waals surface area contributed by atoms with Crippen LogP contribution in [0.3, 0.4) is 0 Å². The van der Waals surface area contributed by atoms with Gasteiger partial charge in [0.2, 0.25) is 0 Å². The number of rotatable bonds is 2. The molecule has 0 radical (unpaired) electrons. The maximum atomic E-state index is 3.96. The van der Waals surface area contributed by atoms with E-state index >= 15 is 0 Å². The number of hydrogen-bond donors (Lipinski definition) is 1. The predicted octanol–water partition coefficient (Wildman–Crippen LogP) is 4.23. The highest BCUT2D eigenvalue weighted by molar-refractivity contribution is 5.18. The zero-order valence-corrected chi connectivity index (χ0v) is 12.9. The highest BCUT2D eigenvalue weighted by Gasteiger charge is 2.65. The Morgan fingerprint density at radius 3 is 1.82 bits per heavy atom. The Morgan fingerprint density at radius 2 is 1.41 bits per heavy atom. The molecule has 17 heavy (non-hydrogen) atoms. The summed E-state index contributed by atoms with van der Waals surface area (Å²) >= 11 is 0. The van der Waals surface area contributed by atoms with E-state index in [0.717, 1.165) is 12.0 Å². The van der Waals surface area contributed by atoms with E-state index in [-0.39, 0.29) is 0 Å². The third-order valence-electron chi connectivity index (χ3n) is 5.81. The Bertz CT molecular complexity index is 287. The van der Waals surface area contributed by atoms with Crippen molar-refractivity contribution >= 4 is 0 Å². The average molecular weight is 237 g/mol. The predicted molar refractivity (Wildman–Crippen MR) is 75.1 cm³/mol. The fourth-order valence-electron chi connectivity index (χ4n) is 4.32. The van der Waals surface area contributed by atoms with Crippen molar-refractivity contribution in [1.29, 1.82) is 0 Å². The lowest BCUT2D eigenvalue weighted by Gasteiger charge is -2.39. The minimum atomic E-state index is 0.470. The molecule has 2 atom stereocenters. The molecule has 2 fully saturated rings. The largest absolute Gasteiger partial charge is 0.310 e. The molecular weight excluding hydrogens is 206 g/mol. The van der Waals surface area contributed by atoms with E-state index in [2.05, 4.69) is 53.8 Å². The summed E-state index contributed by atoms with van der Waals surface area (Å²) in [6.45, 7) is 16.9. The van der Waals surface area contributed by atoms with Crippen molar-refractivity contribution in [3.8, 4) is 0 Å². The van der Waals surface area contributed by atoms with Gasteiger partial charge in [0, 0.05) is 12.1 Å². The van der Waals surface area contributed by atoms with E-state index in [1.165, 1.54) is 19.3 Å². The second kappa shape index (κ2) is 3.73. The van der Waals surface area contributed by atoms with E-state index in [0.29, 0.717) is 22.3 Å². The highest BCUT2D eigenvalue weighted by atomic mass is 15.1. The Kier molecular flexibility index (Phi) is 2.94. The lowest BCUT2D eigenvalue weighted by atomic mass is 9.70. The first kappa shape index (κ1) is 13.4. The number of nitrogens with one attached hydrogen (secondary N) is 1. The van der Waals surface area contributed by atoms with Crippen LogP contribution >= 0.6 is 0 Å². The van der Waals surface area contributed by atoms with Crippen LogP contribution in [0.25, 0.3) is 0 Å². The molecule has 2 rings (SSSR count). The van der Waals surface area contributed by atoms with Gasteiger partial charge in [-0.2, -0.15) is 0 Å². The van der Waals surface area contributed by atoms with E-state index in [9.17, 15) is 0 Å². The van der Waals surface area contributed by atoms with E-state index in [4.69, 9.17) is 0 Å². The normalized spacial score (nSPS) is 39.0. The van der Waals surface area contributed by atoms with E-state index in [1.54, 1.807) is 0 Å². The molecule has 0 spiro atoms. The fraction of sp³-hybridized carbons (Fsp3) is 1.00. The second-order valence-electron chi connectivity index (χ2n) is 8.65. The lowest BCUT2D eigenvalue weighted by molar-refractivity contribution is 0.147. The second-order valence-corrected chi connectivity index (χ2v) is 8.65. The quantitative estimate of drug-likeness (QED) is 0.758. The van der Waals surface area contributed by atoms with Crippen molar-refractivity contribution in [2.75, 3.05) is 0 Å². The molecule has 100 valence electrons. The summed E-state index contributed by atoms with van der Waals surface area (Å²) in [5.41, 5.74) is 1.47. The zero-order chi connectivity index (χ0) is 13.1. The van der Waals surface area contributed by atoms with Crippen LogP contribution in [0.15, 0.2) is 0 Å². The molecule has 0 heterocycles. The van der Waals surface area contributed by atoms with Gasteiger partial charge in [0.05, 0.1) is 0 Å². The maximum absolute atomic E-state index is 3.96. The van der Waals surface area contributed by atoms with Crippen LogP contribution in [-0.2, 0) is 0 Å². The van der Waals surface area contributed by atoms with Crippen LogP contribution in [-0.4, -0.2) is 12.1 Å². The van der Waals surface area contributed by atoms with E-state index < -0.39 is 0 Å². The van der Waals surface area contributed by atoms with Gasteiger partial charge in [0.1, 0.15) is 0 Å². The zero-order valence-electron chi connectivity index (χ0n) is 12.9. The summed E-state index contributed by atoms with van der Waals surface area (Å²) in [5, 5.41) is 3.96. The van der Waals surface area contributed by atoms with Crippen LogP contribution in [0.1, 0.15) is 67.7 Å². The van der Waals surface area contributed by atoms with E-state index in [1.807, 2.05) is 0 Å². The van der Waals surface area contributed by atoms with Crippen molar-refractivity contribution in [3.63, 3.8) is 0 Å². The highest BCUT2D eigenvalue weighted by Crippen LogP contribution is 2.63. The van der Waals surface area contributed by atoms with Gasteiger partial charge in [0.15, 0.2) is 0 Å². The Balaban J connectivity index is 1.97. The summed E-state index contributed by atoms with van der Waals surface area (Å²) in [5.74, 6) is 0.876. The first-order valence-electron chi connectivity index (χ1n) is 7.32. The minimum Gasteiger partial charge on any atom is -0.310 e. The van der Waals surface area contributed by atoms with Gasteiger partial charge in [-0.25, -0.2) is 0 Å². The molecular formula is C16H31N.